The van der Waals surface area contributed by atoms with Crippen molar-refractivity contribution in [2.45, 2.75) is 12.5 Å². The molecule has 1 aliphatic heterocycles. The fourth-order valence-electron chi connectivity index (χ4n) is 1.47. The van der Waals surface area contributed by atoms with Crippen LogP contribution in [-0.2, 0) is 11.2 Å². The van der Waals surface area contributed by atoms with Crippen molar-refractivity contribution in [3.05, 3.63) is 22.4 Å². The van der Waals surface area contributed by atoms with Gasteiger partial charge in [0.05, 0.1) is 19.3 Å². The van der Waals surface area contributed by atoms with Gasteiger partial charge in [0.25, 0.3) is 0 Å². The van der Waals surface area contributed by atoms with Gasteiger partial charge in [-0.15, -0.1) is 11.3 Å². The van der Waals surface area contributed by atoms with Crippen LogP contribution in [0, 0.1) is 5.92 Å². The third-order valence-corrected chi connectivity index (χ3v) is 3.11. The average molecular weight is 184 g/mol. The first-order valence-electron chi connectivity index (χ1n) is 4.14. The van der Waals surface area contributed by atoms with Gasteiger partial charge in [0, 0.05) is 10.8 Å². The molecule has 2 nitrogen and oxygen atoms in total. The maximum absolute atomic E-state index is 9.47. The topological polar surface area (TPSA) is 29.5 Å². The SMILES string of the molecule is O[C@@H]1COC[C@H]1Cc1cccs1. The van der Waals surface area contributed by atoms with Crippen LogP contribution < -0.4 is 0 Å². The average Bonchev–Trinajstić information content (AvgIpc) is 2.65. The number of thiophene rings is 1. The number of ether oxygens (including phenoxy) is 1. The summed E-state index contributed by atoms with van der Waals surface area (Å²) >= 11 is 1.75. The smallest absolute Gasteiger partial charge is 0.0827 e. The second kappa shape index (κ2) is 3.56. The summed E-state index contributed by atoms with van der Waals surface area (Å²) in [6.07, 6.45) is 0.700. The standard InChI is InChI=1S/C9H12O2S/c10-9-6-11-5-7(9)4-8-2-1-3-12-8/h1-3,7,9-10H,4-6H2/t7-,9-/m1/s1. The Morgan fingerprint density at radius 2 is 2.50 bits per heavy atom. The van der Waals surface area contributed by atoms with Gasteiger partial charge in [-0.25, -0.2) is 0 Å². The first-order chi connectivity index (χ1) is 5.86. The highest BCUT2D eigenvalue weighted by atomic mass is 32.1. The lowest BCUT2D eigenvalue weighted by atomic mass is 10.0. The summed E-state index contributed by atoms with van der Waals surface area (Å²) in [7, 11) is 0. The van der Waals surface area contributed by atoms with Crippen molar-refractivity contribution in [2.24, 2.45) is 5.92 Å². The second-order valence-electron chi connectivity index (χ2n) is 3.15. The third kappa shape index (κ3) is 1.68. The summed E-state index contributed by atoms with van der Waals surface area (Å²) in [5.41, 5.74) is 0. The number of rotatable bonds is 2. The second-order valence-corrected chi connectivity index (χ2v) is 4.18. The highest BCUT2D eigenvalue weighted by Gasteiger charge is 2.26. The maximum Gasteiger partial charge on any atom is 0.0827 e. The zero-order chi connectivity index (χ0) is 8.39. The predicted octanol–water partition coefficient (Wildman–Crippen LogP) is 1.30. The Morgan fingerprint density at radius 1 is 1.58 bits per heavy atom. The van der Waals surface area contributed by atoms with Crippen LogP contribution in [-0.4, -0.2) is 24.4 Å². The Kier molecular flexibility index (Phi) is 2.44. The third-order valence-electron chi connectivity index (χ3n) is 2.21. The number of aliphatic hydroxyl groups is 1. The lowest BCUT2D eigenvalue weighted by molar-refractivity contribution is 0.118. The van der Waals surface area contributed by atoms with Gasteiger partial charge in [-0.1, -0.05) is 6.07 Å². The Hall–Kier alpha value is -0.380. The molecule has 0 aliphatic carbocycles. The molecule has 1 aromatic heterocycles. The van der Waals surface area contributed by atoms with Crippen LogP contribution in [0.1, 0.15) is 4.88 Å². The first-order valence-corrected chi connectivity index (χ1v) is 5.02. The van der Waals surface area contributed by atoms with Crippen LogP contribution in [0.5, 0.6) is 0 Å². The van der Waals surface area contributed by atoms with Crippen LogP contribution in [0.2, 0.25) is 0 Å². The number of hydrogen-bond donors (Lipinski definition) is 1. The molecule has 0 amide bonds. The molecule has 0 radical (unpaired) electrons. The van der Waals surface area contributed by atoms with Gasteiger partial charge in [-0.05, 0) is 17.9 Å². The van der Waals surface area contributed by atoms with E-state index in [2.05, 4.69) is 11.4 Å². The number of aliphatic hydroxyl groups excluding tert-OH is 1. The van der Waals surface area contributed by atoms with Crippen molar-refractivity contribution >= 4 is 11.3 Å². The zero-order valence-electron chi connectivity index (χ0n) is 6.77. The van der Waals surface area contributed by atoms with Crippen molar-refractivity contribution in [3.63, 3.8) is 0 Å². The molecule has 0 saturated carbocycles. The van der Waals surface area contributed by atoms with Crippen molar-refractivity contribution in [2.75, 3.05) is 13.2 Å². The van der Waals surface area contributed by atoms with E-state index in [1.165, 1.54) is 4.88 Å². The zero-order valence-corrected chi connectivity index (χ0v) is 7.59. The van der Waals surface area contributed by atoms with E-state index in [-0.39, 0.29) is 6.10 Å². The van der Waals surface area contributed by atoms with Crippen LogP contribution in [0.25, 0.3) is 0 Å². The molecule has 12 heavy (non-hydrogen) atoms. The molecule has 2 atom stereocenters. The van der Waals surface area contributed by atoms with Crippen LogP contribution >= 0.6 is 11.3 Å². The quantitative estimate of drug-likeness (QED) is 0.750. The van der Waals surface area contributed by atoms with E-state index in [9.17, 15) is 5.11 Å². The predicted molar refractivity (Wildman–Crippen MR) is 48.3 cm³/mol. The molecule has 1 aromatic rings. The molecule has 1 saturated heterocycles. The molecule has 66 valence electrons. The molecule has 2 rings (SSSR count). The van der Waals surface area contributed by atoms with Crippen molar-refractivity contribution < 1.29 is 9.84 Å². The monoisotopic (exact) mass is 184 g/mol. The van der Waals surface area contributed by atoms with Crippen LogP contribution in [0.4, 0.5) is 0 Å². The van der Waals surface area contributed by atoms with E-state index >= 15 is 0 Å². The summed E-state index contributed by atoms with van der Waals surface area (Å²) < 4.78 is 5.17. The lowest BCUT2D eigenvalue weighted by Crippen LogP contribution is -2.19. The van der Waals surface area contributed by atoms with Crippen LogP contribution in [0.15, 0.2) is 17.5 Å². The van der Waals surface area contributed by atoms with E-state index in [0.29, 0.717) is 19.1 Å². The van der Waals surface area contributed by atoms with E-state index < -0.39 is 0 Å². The number of hydrogen-bond acceptors (Lipinski definition) is 3. The summed E-state index contributed by atoms with van der Waals surface area (Å²) in [4.78, 5) is 1.34. The molecule has 2 heterocycles. The van der Waals surface area contributed by atoms with Gasteiger partial charge < -0.3 is 9.84 Å². The van der Waals surface area contributed by atoms with E-state index in [1.807, 2.05) is 6.07 Å². The van der Waals surface area contributed by atoms with Crippen LogP contribution in [0.3, 0.4) is 0 Å². The van der Waals surface area contributed by atoms with E-state index in [1.54, 1.807) is 11.3 Å². The minimum Gasteiger partial charge on any atom is -0.390 e. The summed E-state index contributed by atoms with van der Waals surface area (Å²) in [6.45, 7) is 1.22. The molecular formula is C9H12O2S. The molecule has 0 aromatic carbocycles. The molecular weight excluding hydrogens is 172 g/mol. The Labute approximate surface area is 75.8 Å². The molecule has 0 unspecified atom stereocenters. The van der Waals surface area contributed by atoms with Gasteiger partial charge in [-0.2, -0.15) is 0 Å². The van der Waals surface area contributed by atoms with Gasteiger partial charge in [0.2, 0.25) is 0 Å². The van der Waals surface area contributed by atoms with Gasteiger partial charge in [0.1, 0.15) is 0 Å². The largest absolute Gasteiger partial charge is 0.390 e. The maximum atomic E-state index is 9.47. The highest BCUT2D eigenvalue weighted by Crippen LogP contribution is 2.21. The van der Waals surface area contributed by atoms with Gasteiger partial charge >= 0.3 is 0 Å². The van der Waals surface area contributed by atoms with E-state index in [4.69, 9.17) is 4.74 Å². The van der Waals surface area contributed by atoms with Gasteiger partial charge in [0.15, 0.2) is 0 Å². The minimum atomic E-state index is -0.257. The van der Waals surface area contributed by atoms with Crippen molar-refractivity contribution in [1.29, 1.82) is 0 Å². The minimum absolute atomic E-state index is 0.257. The lowest BCUT2D eigenvalue weighted by Gasteiger charge is -2.09. The molecule has 0 bridgehead atoms. The van der Waals surface area contributed by atoms with Crippen molar-refractivity contribution in [3.8, 4) is 0 Å². The molecule has 1 aliphatic rings. The Morgan fingerprint density at radius 3 is 3.08 bits per heavy atom. The fraction of sp³-hybridized carbons (Fsp3) is 0.556. The first kappa shape index (κ1) is 8.23. The van der Waals surface area contributed by atoms with E-state index in [0.717, 1.165) is 6.42 Å². The van der Waals surface area contributed by atoms with Crippen molar-refractivity contribution in [1.82, 2.24) is 0 Å². The van der Waals surface area contributed by atoms with Gasteiger partial charge in [-0.3, -0.25) is 0 Å². The highest BCUT2D eigenvalue weighted by molar-refractivity contribution is 7.09. The molecule has 1 N–H and O–H groups in total. The summed E-state index contributed by atoms with van der Waals surface area (Å²) in [6, 6.07) is 4.15. The summed E-state index contributed by atoms with van der Waals surface area (Å²) in [5.74, 6) is 0.309. The molecule has 1 fully saturated rings. The molecule has 0 spiro atoms. The Balaban J connectivity index is 1.95. The summed E-state index contributed by atoms with van der Waals surface area (Å²) in [5, 5.41) is 11.5. The molecule has 3 heteroatoms. The fourth-order valence-corrected chi connectivity index (χ4v) is 2.27. The normalized spacial score (nSPS) is 29.4. The Bertz CT molecular complexity index is 233.